The number of piperidine rings is 1. The van der Waals surface area contributed by atoms with Gasteiger partial charge in [0, 0.05) is 42.2 Å². The van der Waals surface area contributed by atoms with E-state index >= 15 is 4.39 Å². The van der Waals surface area contributed by atoms with Gasteiger partial charge >= 0.3 is 5.69 Å². The second-order valence-corrected chi connectivity index (χ2v) is 19.3. The van der Waals surface area contributed by atoms with Crippen molar-refractivity contribution in [3.05, 3.63) is 121 Å². The summed E-state index contributed by atoms with van der Waals surface area (Å²) in [5.41, 5.74) is 2.93. The molecular formula is C50H54Cl2FN7O6. The van der Waals surface area contributed by atoms with Gasteiger partial charge in [-0.3, -0.25) is 38.9 Å². The Bertz CT molecular complexity index is 2820. The van der Waals surface area contributed by atoms with Gasteiger partial charge in [0.2, 0.25) is 23.6 Å². The topological polar surface area (TPSA) is 156 Å². The molecule has 3 fully saturated rings. The van der Waals surface area contributed by atoms with Gasteiger partial charge in [-0.1, -0.05) is 79.2 Å². The van der Waals surface area contributed by atoms with Crippen molar-refractivity contribution in [2.24, 2.45) is 7.05 Å². The smallest absolute Gasteiger partial charge is 0.329 e. The van der Waals surface area contributed by atoms with E-state index in [-0.39, 0.29) is 34.5 Å². The molecule has 1 aromatic heterocycles. The third kappa shape index (κ3) is 7.88. The van der Waals surface area contributed by atoms with Gasteiger partial charge in [0.1, 0.15) is 23.0 Å². The van der Waals surface area contributed by atoms with Crippen LogP contribution in [0.25, 0.3) is 11.0 Å². The number of ether oxygens (including phenoxy) is 1. The van der Waals surface area contributed by atoms with E-state index < -0.39 is 46.6 Å². The first-order valence-corrected chi connectivity index (χ1v) is 23.5. The number of nitrogens with zero attached hydrogens (tertiary/aromatic N) is 3. The second kappa shape index (κ2) is 18.3. The summed E-state index contributed by atoms with van der Waals surface area (Å²) in [6.07, 6.45) is 8.12. The Labute approximate surface area is 392 Å². The van der Waals surface area contributed by atoms with Crippen LogP contribution in [0.4, 0.5) is 15.8 Å². The lowest BCUT2D eigenvalue weighted by Gasteiger charge is -2.47. The molecule has 4 atom stereocenters. The molecule has 1 unspecified atom stereocenters. The number of unbranched alkanes of at least 4 members (excludes halogenated alkanes) is 2. The van der Waals surface area contributed by atoms with Crippen LogP contribution in [0, 0.1) is 5.82 Å². The van der Waals surface area contributed by atoms with Crippen LogP contribution < -0.4 is 31.7 Å². The van der Waals surface area contributed by atoms with Crippen LogP contribution in [0.15, 0.2) is 77.6 Å². The number of amides is 4. The van der Waals surface area contributed by atoms with Crippen LogP contribution in [0.1, 0.15) is 98.4 Å². The third-order valence-electron chi connectivity index (χ3n) is 14.5. The van der Waals surface area contributed by atoms with Gasteiger partial charge < -0.3 is 20.3 Å². The average molecular weight is 939 g/mol. The Balaban J connectivity index is 0.865. The summed E-state index contributed by atoms with van der Waals surface area (Å²) in [4.78, 5) is 69.2. The number of fused-ring (bicyclic) bond motifs is 4. The minimum Gasteiger partial charge on any atom is -0.495 e. The van der Waals surface area contributed by atoms with Gasteiger partial charge in [-0.05, 0) is 117 Å². The summed E-state index contributed by atoms with van der Waals surface area (Å²) in [5, 5.41) is 12.6. The first-order chi connectivity index (χ1) is 31.8. The fourth-order valence-electron chi connectivity index (χ4n) is 11.4. The molecular weight excluding hydrogens is 884 g/mol. The molecule has 3 aliphatic heterocycles. The van der Waals surface area contributed by atoms with Crippen molar-refractivity contribution < 1.29 is 28.3 Å². The zero-order valence-corrected chi connectivity index (χ0v) is 38.8. The van der Waals surface area contributed by atoms with Crippen molar-refractivity contribution >= 4 is 69.2 Å². The van der Waals surface area contributed by atoms with Crippen LogP contribution in [-0.2, 0) is 44.6 Å². The molecule has 9 rings (SSSR count). The molecule has 0 bridgehead atoms. The van der Waals surface area contributed by atoms with E-state index in [4.69, 9.17) is 27.9 Å². The van der Waals surface area contributed by atoms with E-state index in [0.717, 1.165) is 68.1 Å². The van der Waals surface area contributed by atoms with E-state index in [0.29, 0.717) is 59.0 Å². The van der Waals surface area contributed by atoms with Crippen LogP contribution >= 0.6 is 23.2 Å². The minimum absolute atomic E-state index is 0.0889. The number of aromatic nitrogens is 2. The van der Waals surface area contributed by atoms with Crippen LogP contribution in [0.3, 0.4) is 0 Å². The Kier molecular flexibility index (Phi) is 12.6. The van der Waals surface area contributed by atoms with Crippen molar-refractivity contribution in [2.75, 3.05) is 31.3 Å². The maximum Gasteiger partial charge on any atom is 0.329 e. The van der Waals surface area contributed by atoms with Gasteiger partial charge in [0.25, 0.3) is 0 Å². The summed E-state index contributed by atoms with van der Waals surface area (Å²) >= 11 is 12.9. The summed E-state index contributed by atoms with van der Waals surface area (Å²) in [6, 6.07) is 19.9. The lowest BCUT2D eigenvalue weighted by atomic mass is 9.55. The molecule has 4 aliphatic rings. The minimum atomic E-state index is -1.34. The Morgan fingerprint density at radius 1 is 0.924 bits per heavy atom. The van der Waals surface area contributed by atoms with Crippen molar-refractivity contribution in [1.29, 1.82) is 0 Å². The normalized spacial score (nSPS) is 22.3. The van der Waals surface area contributed by atoms with E-state index in [1.54, 1.807) is 43.0 Å². The molecule has 2 saturated heterocycles. The highest BCUT2D eigenvalue weighted by Gasteiger charge is 2.72. The molecule has 4 heterocycles. The highest BCUT2D eigenvalue weighted by molar-refractivity contribution is 6.31. The zero-order valence-electron chi connectivity index (χ0n) is 37.3. The van der Waals surface area contributed by atoms with E-state index in [2.05, 4.69) is 33.2 Å². The molecule has 4 N–H and O–H groups in total. The van der Waals surface area contributed by atoms with Gasteiger partial charge in [0.15, 0.2) is 0 Å². The molecule has 13 nitrogen and oxygen atoms in total. The standard InChI is InChI=1S/C50H54Cl2FN7O6/c1-58(24-9-4-6-11-29-15-19-37-39(25-29)59(2)48(65)60(37)38-20-21-41(61)56-45(38)62)28-30-14-18-35(40(26-30)66-3)54-46(63)44-42(32-12-10-13-34(52)43(32)53)50(49(57-44)22-7-5-8-23-49)33-17-16-31(51)27-36(33)55-47(50)64/h10,12-19,25-27,38,42,44,57H,4-9,11,20-24,28H2,1-3H3,(H,54,63)(H,55,64)(H,56,61,62)/t38?,42-,44+,50+/m0/s1. The molecule has 346 valence electrons. The highest BCUT2D eigenvalue weighted by atomic mass is 35.5. The lowest BCUT2D eigenvalue weighted by molar-refractivity contribution is -0.135. The number of imidazole rings is 1. The number of methoxy groups -OCH3 is 1. The Hall–Kier alpha value is -5.54. The number of anilines is 2. The molecule has 2 spiro atoms. The first-order valence-electron chi connectivity index (χ1n) is 22.8. The SMILES string of the molecule is COc1cc(CN(C)CCCCCc2ccc3c(c2)n(C)c(=O)n3C2CCC(=O)NC2=O)ccc1NC(=O)[C@@H]1NC2(CCCCC2)[C@@]2(C(=O)Nc3cc(Cl)ccc32)[C@H]1c1cccc(Cl)c1F. The Morgan fingerprint density at radius 3 is 2.48 bits per heavy atom. The van der Waals surface area contributed by atoms with Crippen molar-refractivity contribution in [2.45, 2.75) is 106 Å². The molecule has 4 amide bonds. The lowest BCUT2D eigenvalue weighted by Crippen LogP contribution is -2.60. The molecule has 4 aromatic carbocycles. The number of halogens is 3. The number of hydrogen-bond acceptors (Lipinski definition) is 8. The van der Waals surface area contributed by atoms with Gasteiger partial charge in [-0.25, -0.2) is 9.18 Å². The predicted octanol–water partition coefficient (Wildman–Crippen LogP) is 7.90. The quantitative estimate of drug-likeness (QED) is 0.0687. The molecule has 16 heteroatoms. The summed E-state index contributed by atoms with van der Waals surface area (Å²) in [5.74, 6) is -2.64. The zero-order chi connectivity index (χ0) is 46.5. The fraction of sp³-hybridized carbons (Fsp3) is 0.420. The molecule has 0 radical (unpaired) electrons. The monoisotopic (exact) mass is 937 g/mol. The number of carbonyl (C=O) groups is 4. The van der Waals surface area contributed by atoms with Gasteiger partial charge in [-0.15, -0.1) is 0 Å². The number of carbonyl (C=O) groups excluding carboxylic acids is 4. The van der Waals surface area contributed by atoms with Crippen molar-refractivity contribution in [3.63, 3.8) is 0 Å². The average Bonchev–Trinajstić information content (AvgIpc) is 3.85. The fourth-order valence-corrected chi connectivity index (χ4v) is 11.8. The third-order valence-corrected chi connectivity index (χ3v) is 15.0. The summed E-state index contributed by atoms with van der Waals surface area (Å²) in [6.45, 7) is 1.49. The first kappa shape index (κ1) is 45.6. The van der Waals surface area contributed by atoms with Gasteiger partial charge in [0.05, 0.1) is 34.9 Å². The molecule has 1 saturated carbocycles. The number of benzene rings is 4. The maximum atomic E-state index is 16.4. The summed E-state index contributed by atoms with van der Waals surface area (Å²) in [7, 11) is 5.32. The highest BCUT2D eigenvalue weighted by Crippen LogP contribution is 2.63. The van der Waals surface area contributed by atoms with Crippen LogP contribution in [0.5, 0.6) is 5.75 Å². The van der Waals surface area contributed by atoms with Crippen LogP contribution in [0.2, 0.25) is 10.0 Å². The van der Waals surface area contributed by atoms with Gasteiger partial charge in [-0.2, -0.15) is 0 Å². The molecule has 5 aromatic rings. The number of aryl methyl sites for hydroxylation is 2. The second-order valence-electron chi connectivity index (χ2n) is 18.4. The predicted molar refractivity (Wildman–Crippen MR) is 253 cm³/mol. The number of imide groups is 1. The summed E-state index contributed by atoms with van der Waals surface area (Å²) < 4.78 is 25.3. The van der Waals surface area contributed by atoms with Crippen molar-refractivity contribution in [1.82, 2.24) is 24.7 Å². The Morgan fingerprint density at radius 2 is 1.71 bits per heavy atom. The van der Waals surface area contributed by atoms with E-state index in [9.17, 15) is 24.0 Å². The van der Waals surface area contributed by atoms with E-state index in [1.807, 2.05) is 42.5 Å². The molecule has 1 aliphatic carbocycles. The molecule has 66 heavy (non-hydrogen) atoms. The number of rotatable bonds is 13. The van der Waals surface area contributed by atoms with E-state index in [1.165, 1.54) is 10.6 Å². The number of nitrogens with one attached hydrogen (secondary N) is 4. The van der Waals surface area contributed by atoms with Crippen molar-refractivity contribution in [3.8, 4) is 5.75 Å². The largest absolute Gasteiger partial charge is 0.495 e. The number of hydrogen-bond donors (Lipinski definition) is 4. The maximum absolute atomic E-state index is 16.4. The van der Waals surface area contributed by atoms with Crippen LogP contribution in [-0.4, -0.2) is 69.9 Å².